The van der Waals surface area contributed by atoms with E-state index < -0.39 is 6.29 Å². The number of hydrogen-bond donors (Lipinski definition) is 2. The molecule has 3 N–H and O–H groups in total. The maximum atomic E-state index is 8.64. The van der Waals surface area contributed by atoms with Crippen molar-refractivity contribution in [1.29, 1.82) is 0 Å². The average Bonchev–Trinajstić information content (AvgIpc) is 2.89. The fraction of sp³-hybridized carbons (Fsp3) is 0.786. The SMILES string of the molecule is CCOCCOC(CN1c2ccc(N)cc2CC(C)C1(C)C)OCCOCCOCCOCCOCCO. The zero-order chi connectivity index (χ0) is 27.6. The van der Waals surface area contributed by atoms with Gasteiger partial charge in [-0.05, 0) is 56.9 Å². The number of benzene rings is 1. The van der Waals surface area contributed by atoms with E-state index in [-0.39, 0.29) is 12.1 Å². The van der Waals surface area contributed by atoms with E-state index in [1.165, 1.54) is 11.3 Å². The Labute approximate surface area is 228 Å². The standard InChI is InChI=1S/C28H50N2O8/c1-5-32-16-18-37-27(38-19-17-36-15-14-35-13-12-34-11-10-33-9-8-31)22-30-26-7-6-25(29)21-24(26)20-23(2)28(30,3)4/h6-7,21,23,27,31H,5,8-20,22,29H2,1-4H3. The van der Waals surface area contributed by atoms with Crippen molar-refractivity contribution >= 4 is 11.4 Å². The topological polar surface area (TPSA) is 114 Å². The second kappa shape index (κ2) is 18.7. The van der Waals surface area contributed by atoms with Gasteiger partial charge in [0.05, 0.1) is 85.8 Å². The molecule has 0 aromatic heterocycles. The van der Waals surface area contributed by atoms with Gasteiger partial charge in [-0.25, -0.2) is 0 Å². The van der Waals surface area contributed by atoms with E-state index >= 15 is 0 Å². The lowest BCUT2D eigenvalue weighted by molar-refractivity contribution is -0.154. The molecule has 0 spiro atoms. The predicted molar refractivity (Wildman–Crippen MR) is 148 cm³/mol. The molecule has 0 radical (unpaired) electrons. The van der Waals surface area contributed by atoms with Gasteiger partial charge in [0, 0.05) is 23.5 Å². The molecule has 0 fully saturated rings. The summed E-state index contributed by atoms with van der Waals surface area (Å²) in [6.45, 7) is 15.1. The van der Waals surface area contributed by atoms with E-state index in [1.807, 2.05) is 13.0 Å². The van der Waals surface area contributed by atoms with Crippen LogP contribution in [0.2, 0.25) is 0 Å². The molecule has 2 unspecified atom stereocenters. The minimum Gasteiger partial charge on any atom is -0.399 e. The molecule has 220 valence electrons. The third-order valence-corrected chi connectivity index (χ3v) is 6.77. The minimum atomic E-state index is -0.427. The van der Waals surface area contributed by atoms with Crippen molar-refractivity contribution in [3.63, 3.8) is 0 Å². The lowest BCUT2D eigenvalue weighted by Gasteiger charge is -2.50. The Bertz CT molecular complexity index is 752. The molecule has 0 saturated heterocycles. The molecule has 1 aliphatic rings. The van der Waals surface area contributed by atoms with Gasteiger partial charge >= 0.3 is 0 Å². The van der Waals surface area contributed by atoms with Crippen LogP contribution in [0.15, 0.2) is 18.2 Å². The third-order valence-electron chi connectivity index (χ3n) is 6.77. The lowest BCUT2D eigenvalue weighted by atomic mass is 9.78. The number of fused-ring (bicyclic) bond motifs is 1. The fourth-order valence-electron chi connectivity index (χ4n) is 4.27. The van der Waals surface area contributed by atoms with E-state index in [9.17, 15) is 0 Å². The Morgan fingerprint density at radius 1 is 0.868 bits per heavy atom. The molecule has 0 amide bonds. The van der Waals surface area contributed by atoms with Crippen LogP contribution >= 0.6 is 0 Å². The average molecular weight is 543 g/mol. The summed E-state index contributed by atoms with van der Waals surface area (Å²) in [5.74, 6) is 0.439. The van der Waals surface area contributed by atoms with Crippen LogP contribution in [0.1, 0.15) is 33.3 Å². The van der Waals surface area contributed by atoms with Crippen LogP contribution in [0.25, 0.3) is 0 Å². The molecule has 1 heterocycles. The molecule has 0 aliphatic carbocycles. The molecule has 1 aliphatic heterocycles. The van der Waals surface area contributed by atoms with Crippen molar-refractivity contribution in [1.82, 2.24) is 0 Å². The summed E-state index contributed by atoms with van der Waals surface area (Å²) in [6, 6.07) is 6.14. The zero-order valence-electron chi connectivity index (χ0n) is 23.8. The van der Waals surface area contributed by atoms with E-state index in [1.54, 1.807) is 0 Å². The van der Waals surface area contributed by atoms with Gasteiger partial charge in [0.15, 0.2) is 6.29 Å². The van der Waals surface area contributed by atoms with E-state index in [4.69, 9.17) is 44.0 Å². The maximum Gasteiger partial charge on any atom is 0.175 e. The summed E-state index contributed by atoms with van der Waals surface area (Å²) in [4.78, 5) is 2.39. The number of ether oxygens (including phenoxy) is 7. The Balaban J connectivity index is 1.75. The van der Waals surface area contributed by atoms with Gasteiger partial charge in [-0.3, -0.25) is 0 Å². The summed E-state index contributed by atoms with van der Waals surface area (Å²) in [6.07, 6.45) is 0.561. The fourth-order valence-corrected chi connectivity index (χ4v) is 4.27. The zero-order valence-corrected chi connectivity index (χ0v) is 23.8. The summed E-state index contributed by atoms with van der Waals surface area (Å²) >= 11 is 0. The highest BCUT2D eigenvalue weighted by Crippen LogP contribution is 2.41. The molecule has 38 heavy (non-hydrogen) atoms. The van der Waals surface area contributed by atoms with Gasteiger partial charge < -0.3 is 48.9 Å². The summed E-state index contributed by atoms with van der Waals surface area (Å²) in [5.41, 5.74) is 9.23. The molecular formula is C28H50N2O8. The number of rotatable bonds is 22. The quantitative estimate of drug-likeness (QED) is 0.129. The van der Waals surface area contributed by atoms with Crippen molar-refractivity contribution < 1.29 is 38.3 Å². The first kappa shape index (κ1) is 32.7. The summed E-state index contributed by atoms with van der Waals surface area (Å²) in [5, 5.41) is 8.64. The van der Waals surface area contributed by atoms with Crippen molar-refractivity contribution in [2.24, 2.45) is 5.92 Å². The predicted octanol–water partition coefficient (Wildman–Crippen LogP) is 2.50. The van der Waals surface area contributed by atoms with Gasteiger partial charge in [-0.1, -0.05) is 6.92 Å². The van der Waals surface area contributed by atoms with Crippen LogP contribution in [0, 0.1) is 5.92 Å². The Morgan fingerprint density at radius 3 is 1.95 bits per heavy atom. The molecular weight excluding hydrogens is 492 g/mol. The number of hydrogen-bond acceptors (Lipinski definition) is 10. The summed E-state index contributed by atoms with van der Waals surface area (Å²) in [7, 11) is 0. The normalized spacial score (nSPS) is 17.5. The first-order chi connectivity index (χ1) is 18.4. The monoisotopic (exact) mass is 542 g/mol. The maximum absolute atomic E-state index is 8.64. The number of nitrogen functional groups attached to an aromatic ring is 1. The lowest BCUT2D eigenvalue weighted by Crippen LogP contribution is -2.55. The molecule has 2 atom stereocenters. The van der Waals surface area contributed by atoms with Crippen molar-refractivity contribution in [2.45, 2.75) is 45.9 Å². The smallest absolute Gasteiger partial charge is 0.175 e. The van der Waals surface area contributed by atoms with Crippen LogP contribution in [0.5, 0.6) is 0 Å². The van der Waals surface area contributed by atoms with E-state index in [0.717, 1.165) is 12.1 Å². The van der Waals surface area contributed by atoms with E-state index in [2.05, 4.69) is 37.8 Å². The van der Waals surface area contributed by atoms with Crippen LogP contribution in [0.4, 0.5) is 11.4 Å². The van der Waals surface area contributed by atoms with Crippen molar-refractivity contribution in [2.75, 3.05) is 103 Å². The van der Waals surface area contributed by atoms with Crippen molar-refractivity contribution in [3.05, 3.63) is 23.8 Å². The Morgan fingerprint density at radius 2 is 1.39 bits per heavy atom. The van der Waals surface area contributed by atoms with Crippen molar-refractivity contribution in [3.8, 4) is 0 Å². The Hall–Kier alpha value is -1.50. The molecule has 10 heteroatoms. The van der Waals surface area contributed by atoms with Gasteiger partial charge in [0.25, 0.3) is 0 Å². The first-order valence-corrected chi connectivity index (χ1v) is 13.8. The molecule has 1 aromatic rings. The van der Waals surface area contributed by atoms with Gasteiger partial charge in [0.2, 0.25) is 0 Å². The number of aliphatic hydroxyl groups excluding tert-OH is 1. The summed E-state index contributed by atoms with van der Waals surface area (Å²) < 4.78 is 39.4. The molecule has 1 aromatic carbocycles. The number of nitrogens with zero attached hydrogens (tertiary/aromatic N) is 1. The van der Waals surface area contributed by atoms with Crippen LogP contribution in [0.3, 0.4) is 0 Å². The highest BCUT2D eigenvalue weighted by molar-refractivity contribution is 5.63. The largest absolute Gasteiger partial charge is 0.399 e. The van der Waals surface area contributed by atoms with E-state index in [0.29, 0.717) is 91.7 Å². The third kappa shape index (κ3) is 11.7. The van der Waals surface area contributed by atoms with Gasteiger partial charge in [-0.2, -0.15) is 0 Å². The molecule has 2 rings (SSSR count). The molecule has 10 nitrogen and oxygen atoms in total. The highest BCUT2D eigenvalue weighted by atomic mass is 16.7. The molecule has 0 bridgehead atoms. The number of anilines is 2. The second-order valence-electron chi connectivity index (χ2n) is 9.80. The van der Waals surface area contributed by atoms with Crippen LogP contribution in [-0.2, 0) is 39.6 Å². The second-order valence-corrected chi connectivity index (χ2v) is 9.80. The molecule has 0 saturated carbocycles. The number of nitrogens with two attached hydrogens (primary N) is 1. The first-order valence-electron chi connectivity index (χ1n) is 13.8. The Kier molecular flexibility index (Phi) is 16.1. The van der Waals surface area contributed by atoms with Crippen LogP contribution < -0.4 is 10.6 Å². The van der Waals surface area contributed by atoms with Crippen LogP contribution in [-0.4, -0.2) is 109 Å². The number of aliphatic hydroxyl groups is 1. The minimum absolute atomic E-state index is 0.0239. The van der Waals surface area contributed by atoms with Gasteiger partial charge in [-0.15, -0.1) is 0 Å². The van der Waals surface area contributed by atoms with Gasteiger partial charge in [0.1, 0.15) is 0 Å². The highest BCUT2D eigenvalue weighted by Gasteiger charge is 2.39.